The van der Waals surface area contributed by atoms with Crippen LogP contribution in [0.4, 0.5) is 5.82 Å². The molecule has 5 nitrogen and oxygen atoms in total. The SMILES string of the molecule is COC1CCN(c2c(CNC(C)C)c(C)nn2C)CC1. The van der Waals surface area contributed by atoms with Gasteiger partial charge in [-0.1, -0.05) is 13.8 Å². The Morgan fingerprint density at radius 1 is 1.35 bits per heavy atom. The van der Waals surface area contributed by atoms with E-state index in [0.29, 0.717) is 12.1 Å². The maximum atomic E-state index is 5.46. The molecule has 2 rings (SSSR count). The molecular formula is C15H28N4O. The van der Waals surface area contributed by atoms with Gasteiger partial charge in [0, 0.05) is 45.4 Å². The van der Waals surface area contributed by atoms with Crippen LogP contribution in [0.25, 0.3) is 0 Å². The second-order valence-electron chi connectivity index (χ2n) is 5.97. The zero-order valence-electron chi connectivity index (χ0n) is 13.4. The van der Waals surface area contributed by atoms with E-state index in [2.05, 4.69) is 36.1 Å². The predicted molar refractivity (Wildman–Crippen MR) is 82.2 cm³/mol. The molecular weight excluding hydrogens is 252 g/mol. The van der Waals surface area contributed by atoms with Gasteiger partial charge < -0.3 is 15.0 Å². The Bertz CT molecular complexity index is 433. The Morgan fingerprint density at radius 3 is 2.55 bits per heavy atom. The van der Waals surface area contributed by atoms with E-state index in [9.17, 15) is 0 Å². The summed E-state index contributed by atoms with van der Waals surface area (Å²) >= 11 is 0. The van der Waals surface area contributed by atoms with E-state index in [4.69, 9.17) is 4.74 Å². The zero-order chi connectivity index (χ0) is 14.7. The van der Waals surface area contributed by atoms with Crippen LogP contribution in [0.3, 0.4) is 0 Å². The summed E-state index contributed by atoms with van der Waals surface area (Å²) in [5, 5.41) is 8.12. The highest BCUT2D eigenvalue weighted by molar-refractivity contribution is 5.50. The molecule has 114 valence electrons. The molecule has 0 aliphatic carbocycles. The third-order valence-corrected chi connectivity index (χ3v) is 4.08. The quantitative estimate of drug-likeness (QED) is 0.894. The average molecular weight is 280 g/mol. The number of nitrogens with zero attached hydrogens (tertiary/aromatic N) is 3. The normalized spacial score (nSPS) is 17.2. The molecule has 2 heterocycles. The number of aryl methyl sites for hydroxylation is 2. The molecule has 0 saturated carbocycles. The van der Waals surface area contributed by atoms with Gasteiger partial charge in [0.2, 0.25) is 0 Å². The molecule has 0 amide bonds. The molecule has 0 spiro atoms. The predicted octanol–water partition coefficient (Wildman–Crippen LogP) is 1.84. The van der Waals surface area contributed by atoms with Gasteiger partial charge in [-0.15, -0.1) is 0 Å². The van der Waals surface area contributed by atoms with E-state index in [1.54, 1.807) is 0 Å². The van der Waals surface area contributed by atoms with E-state index < -0.39 is 0 Å². The summed E-state index contributed by atoms with van der Waals surface area (Å²) in [5.41, 5.74) is 2.46. The second kappa shape index (κ2) is 6.59. The highest BCUT2D eigenvalue weighted by atomic mass is 16.5. The fourth-order valence-corrected chi connectivity index (χ4v) is 2.90. The Hall–Kier alpha value is -1.07. The number of nitrogens with one attached hydrogen (secondary N) is 1. The minimum atomic E-state index is 0.415. The number of hydrogen-bond donors (Lipinski definition) is 1. The van der Waals surface area contributed by atoms with Gasteiger partial charge in [-0.05, 0) is 19.8 Å². The lowest BCUT2D eigenvalue weighted by Crippen LogP contribution is -2.38. The van der Waals surface area contributed by atoms with Gasteiger partial charge >= 0.3 is 0 Å². The average Bonchev–Trinajstić information content (AvgIpc) is 2.70. The van der Waals surface area contributed by atoms with Gasteiger partial charge in [0.1, 0.15) is 5.82 Å². The number of aromatic nitrogens is 2. The fourth-order valence-electron chi connectivity index (χ4n) is 2.90. The first-order chi connectivity index (χ1) is 9.52. The molecule has 0 aromatic carbocycles. The Kier molecular flexibility index (Phi) is 5.05. The van der Waals surface area contributed by atoms with Crippen LogP contribution in [0, 0.1) is 6.92 Å². The molecule has 1 N–H and O–H groups in total. The Balaban J connectivity index is 2.14. The third-order valence-electron chi connectivity index (χ3n) is 4.08. The first-order valence-electron chi connectivity index (χ1n) is 7.56. The first kappa shape index (κ1) is 15.3. The molecule has 0 radical (unpaired) electrons. The van der Waals surface area contributed by atoms with Crippen LogP contribution in [0.2, 0.25) is 0 Å². The van der Waals surface area contributed by atoms with Crippen molar-refractivity contribution in [1.82, 2.24) is 15.1 Å². The van der Waals surface area contributed by atoms with Crippen LogP contribution < -0.4 is 10.2 Å². The summed E-state index contributed by atoms with van der Waals surface area (Å²) in [6, 6.07) is 0.488. The van der Waals surface area contributed by atoms with Crippen molar-refractivity contribution in [2.45, 2.75) is 52.3 Å². The highest BCUT2D eigenvalue weighted by Crippen LogP contribution is 2.26. The number of anilines is 1. The molecule has 1 saturated heterocycles. The Labute approximate surface area is 122 Å². The maximum absolute atomic E-state index is 5.46. The molecule has 1 aliphatic rings. The van der Waals surface area contributed by atoms with Crippen LogP contribution in [0.5, 0.6) is 0 Å². The van der Waals surface area contributed by atoms with Crippen molar-refractivity contribution in [3.63, 3.8) is 0 Å². The van der Waals surface area contributed by atoms with Crippen molar-refractivity contribution >= 4 is 5.82 Å². The summed E-state index contributed by atoms with van der Waals surface area (Å²) in [6.45, 7) is 9.43. The van der Waals surface area contributed by atoms with Crippen LogP contribution >= 0.6 is 0 Å². The van der Waals surface area contributed by atoms with Crippen molar-refractivity contribution in [3.8, 4) is 0 Å². The lowest BCUT2D eigenvalue weighted by atomic mass is 10.1. The van der Waals surface area contributed by atoms with Gasteiger partial charge in [-0.25, -0.2) is 0 Å². The smallest absolute Gasteiger partial charge is 0.131 e. The minimum absolute atomic E-state index is 0.415. The van der Waals surface area contributed by atoms with Crippen molar-refractivity contribution in [3.05, 3.63) is 11.3 Å². The van der Waals surface area contributed by atoms with Crippen LogP contribution in [0.15, 0.2) is 0 Å². The second-order valence-corrected chi connectivity index (χ2v) is 5.97. The maximum Gasteiger partial charge on any atom is 0.131 e. The lowest BCUT2D eigenvalue weighted by molar-refractivity contribution is 0.0816. The van der Waals surface area contributed by atoms with Crippen molar-refractivity contribution < 1.29 is 4.74 Å². The molecule has 0 bridgehead atoms. The summed E-state index contributed by atoms with van der Waals surface area (Å²) in [6.07, 6.45) is 2.60. The van der Waals surface area contributed by atoms with Gasteiger partial charge in [0.05, 0.1) is 11.8 Å². The van der Waals surface area contributed by atoms with Crippen LogP contribution in [-0.2, 0) is 18.3 Å². The van der Waals surface area contributed by atoms with E-state index in [1.165, 1.54) is 11.4 Å². The number of methoxy groups -OCH3 is 1. The van der Waals surface area contributed by atoms with Crippen LogP contribution in [-0.4, -0.2) is 42.1 Å². The van der Waals surface area contributed by atoms with E-state index in [-0.39, 0.29) is 0 Å². The lowest BCUT2D eigenvalue weighted by Gasteiger charge is -2.33. The van der Waals surface area contributed by atoms with Crippen molar-refractivity contribution in [1.29, 1.82) is 0 Å². The summed E-state index contributed by atoms with van der Waals surface area (Å²) < 4.78 is 7.49. The topological polar surface area (TPSA) is 42.3 Å². The highest BCUT2D eigenvalue weighted by Gasteiger charge is 2.24. The molecule has 5 heteroatoms. The molecule has 1 fully saturated rings. The number of rotatable bonds is 5. The van der Waals surface area contributed by atoms with Gasteiger partial charge in [0.25, 0.3) is 0 Å². The molecule has 0 unspecified atom stereocenters. The zero-order valence-corrected chi connectivity index (χ0v) is 13.4. The summed E-state index contributed by atoms with van der Waals surface area (Å²) in [5.74, 6) is 1.27. The minimum Gasteiger partial charge on any atom is -0.381 e. The third kappa shape index (κ3) is 3.33. The largest absolute Gasteiger partial charge is 0.381 e. The fraction of sp³-hybridized carbons (Fsp3) is 0.800. The van der Waals surface area contributed by atoms with Gasteiger partial charge in [-0.2, -0.15) is 5.10 Å². The molecule has 20 heavy (non-hydrogen) atoms. The summed E-state index contributed by atoms with van der Waals surface area (Å²) in [7, 11) is 3.86. The molecule has 1 aromatic heterocycles. The number of hydrogen-bond acceptors (Lipinski definition) is 4. The Morgan fingerprint density at radius 2 is 2.00 bits per heavy atom. The van der Waals surface area contributed by atoms with Gasteiger partial charge in [0.15, 0.2) is 0 Å². The summed E-state index contributed by atoms with van der Waals surface area (Å²) in [4.78, 5) is 2.45. The number of piperidine rings is 1. The monoisotopic (exact) mass is 280 g/mol. The van der Waals surface area contributed by atoms with E-state index in [0.717, 1.165) is 38.2 Å². The van der Waals surface area contributed by atoms with Crippen molar-refractivity contribution in [2.24, 2.45) is 7.05 Å². The number of ether oxygens (including phenoxy) is 1. The van der Waals surface area contributed by atoms with E-state index in [1.807, 2.05) is 18.8 Å². The van der Waals surface area contributed by atoms with E-state index >= 15 is 0 Å². The molecule has 1 aromatic rings. The van der Waals surface area contributed by atoms with Crippen molar-refractivity contribution in [2.75, 3.05) is 25.1 Å². The standard InChI is InChI=1S/C15H28N4O/c1-11(2)16-10-14-12(3)17-18(4)15(14)19-8-6-13(20-5)7-9-19/h11,13,16H,6-10H2,1-5H3. The molecule has 1 aliphatic heterocycles. The van der Waals surface area contributed by atoms with Gasteiger partial charge in [-0.3, -0.25) is 4.68 Å². The first-order valence-corrected chi connectivity index (χ1v) is 7.56. The van der Waals surface area contributed by atoms with Crippen LogP contribution in [0.1, 0.15) is 37.9 Å². The molecule has 0 atom stereocenters.